The highest BCUT2D eigenvalue weighted by molar-refractivity contribution is 7.99. The van der Waals surface area contributed by atoms with Crippen molar-refractivity contribution < 1.29 is 0 Å². The lowest BCUT2D eigenvalue weighted by Crippen LogP contribution is -2.49. The Morgan fingerprint density at radius 3 is 2.53 bits per heavy atom. The largest absolute Gasteiger partial charge is 0.300 e. The molecule has 1 saturated heterocycles. The first-order valence-corrected chi connectivity index (χ1v) is 7.82. The van der Waals surface area contributed by atoms with Gasteiger partial charge in [-0.25, -0.2) is 0 Å². The average molecular weight is 275 g/mol. The van der Waals surface area contributed by atoms with Gasteiger partial charge in [0, 0.05) is 43.4 Å². The van der Waals surface area contributed by atoms with E-state index in [-0.39, 0.29) is 6.04 Å². The Labute approximate surface area is 120 Å². The SMILES string of the molecule is CC(C#N)N1CCN(CCSc2ccccc2)CC1. The zero-order valence-corrected chi connectivity index (χ0v) is 12.3. The molecule has 0 amide bonds. The number of hydrogen-bond donors (Lipinski definition) is 0. The third-order valence-electron chi connectivity index (χ3n) is 3.56. The first-order valence-electron chi connectivity index (χ1n) is 6.83. The number of benzene rings is 1. The molecule has 1 unspecified atom stereocenters. The van der Waals surface area contributed by atoms with E-state index in [2.05, 4.69) is 46.2 Å². The van der Waals surface area contributed by atoms with Gasteiger partial charge in [-0.05, 0) is 19.1 Å². The van der Waals surface area contributed by atoms with Gasteiger partial charge in [0.25, 0.3) is 0 Å². The van der Waals surface area contributed by atoms with Crippen molar-refractivity contribution in [3.63, 3.8) is 0 Å². The molecule has 0 saturated carbocycles. The Morgan fingerprint density at radius 2 is 1.89 bits per heavy atom. The first-order chi connectivity index (χ1) is 9.29. The summed E-state index contributed by atoms with van der Waals surface area (Å²) in [7, 11) is 0. The van der Waals surface area contributed by atoms with Crippen molar-refractivity contribution in [3.05, 3.63) is 30.3 Å². The number of nitriles is 1. The van der Waals surface area contributed by atoms with Gasteiger partial charge in [0.1, 0.15) is 0 Å². The standard InChI is InChI=1S/C15H21N3S/c1-14(13-16)18-9-7-17(8-10-18)11-12-19-15-5-3-2-4-6-15/h2-6,14H,7-12H2,1H3. The molecule has 102 valence electrons. The molecule has 1 fully saturated rings. The van der Waals surface area contributed by atoms with Gasteiger partial charge in [-0.15, -0.1) is 11.8 Å². The summed E-state index contributed by atoms with van der Waals surface area (Å²) in [5, 5.41) is 8.91. The van der Waals surface area contributed by atoms with Crippen molar-refractivity contribution in [2.75, 3.05) is 38.5 Å². The molecule has 1 aromatic rings. The topological polar surface area (TPSA) is 30.3 Å². The highest BCUT2D eigenvalue weighted by Gasteiger charge is 2.20. The summed E-state index contributed by atoms with van der Waals surface area (Å²) in [5.41, 5.74) is 0. The molecule has 1 aliphatic rings. The maximum absolute atomic E-state index is 8.91. The van der Waals surface area contributed by atoms with Crippen molar-refractivity contribution in [2.24, 2.45) is 0 Å². The molecule has 0 N–H and O–H groups in total. The van der Waals surface area contributed by atoms with E-state index in [9.17, 15) is 0 Å². The van der Waals surface area contributed by atoms with E-state index in [1.54, 1.807) is 0 Å². The van der Waals surface area contributed by atoms with E-state index in [0.717, 1.165) is 38.5 Å². The van der Waals surface area contributed by atoms with Crippen LogP contribution in [0.5, 0.6) is 0 Å². The van der Waals surface area contributed by atoms with E-state index in [1.807, 2.05) is 18.7 Å². The molecule has 0 bridgehead atoms. The molecule has 4 heteroatoms. The van der Waals surface area contributed by atoms with Crippen LogP contribution in [0.3, 0.4) is 0 Å². The second kappa shape index (κ2) is 7.54. The van der Waals surface area contributed by atoms with Crippen LogP contribution in [-0.4, -0.2) is 54.3 Å². The molecular weight excluding hydrogens is 254 g/mol. The van der Waals surface area contributed by atoms with Crippen LogP contribution in [-0.2, 0) is 0 Å². The summed E-state index contributed by atoms with van der Waals surface area (Å²) in [6.07, 6.45) is 0. The summed E-state index contributed by atoms with van der Waals surface area (Å²) in [6.45, 7) is 7.33. The number of piperazine rings is 1. The molecule has 2 rings (SSSR count). The summed E-state index contributed by atoms with van der Waals surface area (Å²) in [4.78, 5) is 6.11. The molecular formula is C15H21N3S. The van der Waals surface area contributed by atoms with Crippen LogP contribution >= 0.6 is 11.8 Å². The fourth-order valence-corrected chi connectivity index (χ4v) is 3.20. The molecule has 3 nitrogen and oxygen atoms in total. The van der Waals surface area contributed by atoms with Crippen LogP contribution < -0.4 is 0 Å². The van der Waals surface area contributed by atoms with Gasteiger partial charge in [0.05, 0.1) is 12.1 Å². The Kier molecular flexibility index (Phi) is 5.71. The zero-order chi connectivity index (χ0) is 13.5. The quantitative estimate of drug-likeness (QED) is 0.772. The third-order valence-corrected chi connectivity index (χ3v) is 4.55. The predicted octanol–water partition coefficient (Wildman–Crippen LogP) is 2.31. The Morgan fingerprint density at radius 1 is 1.21 bits per heavy atom. The van der Waals surface area contributed by atoms with Crippen LogP contribution in [0.4, 0.5) is 0 Å². The summed E-state index contributed by atoms with van der Waals surface area (Å²) >= 11 is 1.92. The minimum atomic E-state index is 0.0563. The van der Waals surface area contributed by atoms with E-state index in [1.165, 1.54) is 4.90 Å². The minimum Gasteiger partial charge on any atom is -0.300 e. The summed E-state index contributed by atoms with van der Waals surface area (Å²) in [6, 6.07) is 12.9. The minimum absolute atomic E-state index is 0.0563. The number of thioether (sulfide) groups is 1. The first kappa shape index (κ1) is 14.4. The molecule has 1 heterocycles. The zero-order valence-electron chi connectivity index (χ0n) is 11.5. The van der Waals surface area contributed by atoms with Gasteiger partial charge in [-0.3, -0.25) is 9.80 Å². The molecule has 1 aliphatic heterocycles. The van der Waals surface area contributed by atoms with Crippen LogP contribution in [0.25, 0.3) is 0 Å². The molecule has 0 aliphatic carbocycles. The lowest BCUT2D eigenvalue weighted by Gasteiger charge is -2.35. The van der Waals surface area contributed by atoms with Gasteiger partial charge >= 0.3 is 0 Å². The number of rotatable bonds is 5. The average Bonchev–Trinajstić information content (AvgIpc) is 2.48. The lowest BCUT2D eigenvalue weighted by atomic mass is 10.2. The molecule has 0 aromatic heterocycles. The lowest BCUT2D eigenvalue weighted by molar-refractivity contribution is 0.124. The van der Waals surface area contributed by atoms with Gasteiger partial charge < -0.3 is 0 Å². The van der Waals surface area contributed by atoms with Gasteiger partial charge in [0.2, 0.25) is 0 Å². The van der Waals surface area contributed by atoms with Crippen LogP contribution in [0, 0.1) is 11.3 Å². The number of hydrogen-bond acceptors (Lipinski definition) is 4. The molecule has 1 atom stereocenters. The highest BCUT2D eigenvalue weighted by atomic mass is 32.2. The Balaban J connectivity index is 1.65. The van der Waals surface area contributed by atoms with Gasteiger partial charge in [-0.1, -0.05) is 18.2 Å². The fraction of sp³-hybridized carbons (Fsp3) is 0.533. The smallest absolute Gasteiger partial charge is 0.0950 e. The Bertz CT molecular complexity index is 407. The van der Waals surface area contributed by atoms with Crippen LogP contribution in [0.2, 0.25) is 0 Å². The monoisotopic (exact) mass is 275 g/mol. The van der Waals surface area contributed by atoms with E-state index >= 15 is 0 Å². The fourth-order valence-electron chi connectivity index (χ4n) is 2.27. The van der Waals surface area contributed by atoms with Crippen LogP contribution in [0.15, 0.2) is 35.2 Å². The summed E-state index contributed by atoms with van der Waals surface area (Å²) in [5.74, 6) is 1.14. The normalized spacial score (nSPS) is 18.9. The molecule has 0 spiro atoms. The van der Waals surface area contributed by atoms with E-state index in [0.29, 0.717) is 0 Å². The van der Waals surface area contributed by atoms with Crippen molar-refractivity contribution >= 4 is 11.8 Å². The Hall–Kier alpha value is -1.02. The number of nitrogens with zero attached hydrogens (tertiary/aromatic N) is 3. The second-order valence-corrected chi connectivity index (χ2v) is 6.01. The predicted molar refractivity (Wildman–Crippen MR) is 80.3 cm³/mol. The third kappa shape index (κ3) is 4.54. The summed E-state index contributed by atoms with van der Waals surface area (Å²) < 4.78 is 0. The molecule has 19 heavy (non-hydrogen) atoms. The van der Waals surface area contributed by atoms with E-state index < -0.39 is 0 Å². The van der Waals surface area contributed by atoms with Crippen molar-refractivity contribution in [3.8, 4) is 6.07 Å². The molecule has 0 radical (unpaired) electrons. The maximum Gasteiger partial charge on any atom is 0.0950 e. The molecule has 1 aromatic carbocycles. The van der Waals surface area contributed by atoms with Gasteiger partial charge in [0.15, 0.2) is 0 Å². The van der Waals surface area contributed by atoms with Crippen LogP contribution in [0.1, 0.15) is 6.92 Å². The second-order valence-electron chi connectivity index (χ2n) is 4.84. The maximum atomic E-state index is 8.91. The van der Waals surface area contributed by atoms with Gasteiger partial charge in [-0.2, -0.15) is 5.26 Å². The van der Waals surface area contributed by atoms with Crippen molar-refractivity contribution in [2.45, 2.75) is 17.9 Å². The highest BCUT2D eigenvalue weighted by Crippen LogP contribution is 2.17. The van der Waals surface area contributed by atoms with Crippen molar-refractivity contribution in [1.29, 1.82) is 5.26 Å². The van der Waals surface area contributed by atoms with E-state index in [4.69, 9.17) is 5.26 Å². The van der Waals surface area contributed by atoms with Crippen molar-refractivity contribution in [1.82, 2.24) is 9.80 Å².